The summed E-state index contributed by atoms with van der Waals surface area (Å²) in [5, 5.41) is 5.66. The van der Waals surface area contributed by atoms with Gasteiger partial charge in [0.2, 0.25) is 27.7 Å². The highest BCUT2D eigenvalue weighted by molar-refractivity contribution is 7.91. The number of carbonyl (C=O) groups is 4. The second-order valence-electron chi connectivity index (χ2n) is 16.7. The first-order chi connectivity index (χ1) is 27.1. The molecule has 3 N–H and O–H groups in total. The van der Waals surface area contributed by atoms with Crippen molar-refractivity contribution >= 4 is 44.7 Å². The number of amides is 4. The Labute approximate surface area is 333 Å². The Bertz CT molecular complexity index is 2170. The highest BCUT2D eigenvalue weighted by Crippen LogP contribution is 2.38. The number of para-hydroxylation sites is 1. The lowest BCUT2D eigenvalue weighted by Gasteiger charge is -2.39. The number of carbonyl (C=O) groups excluding carboxylic acids is 4. The zero-order chi connectivity index (χ0) is 40.7. The van der Waals surface area contributed by atoms with Crippen molar-refractivity contribution in [3.8, 4) is 23.5 Å². The zero-order valence-corrected chi connectivity index (χ0v) is 33.7. The van der Waals surface area contributed by atoms with Crippen molar-refractivity contribution in [3.05, 3.63) is 54.6 Å². The van der Waals surface area contributed by atoms with Gasteiger partial charge >= 0.3 is 6.09 Å². The van der Waals surface area contributed by atoms with Crippen LogP contribution in [-0.4, -0.2) is 90.9 Å². The van der Waals surface area contributed by atoms with E-state index in [9.17, 15) is 27.6 Å². The number of methoxy groups -OCH3 is 1. The van der Waals surface area contributed by atoms with Crippen LogP contribution in [0.5, 0.6) is 11.6 Å². The van der Waals surface area contributed by atoms with Crippen molar-refractivity contribution in [2.45, 2.75) is 114 Å². The Hall–Kier alpha value is -5.10. The van der Waals surface area contributed by atoms with E-state index in [0.29, 0.717) is 36.1 Å². The molecule has 304 valence electrons. The second kappa shape index (κ2) is 15.7. The average Bonchev–Trinajstić information content (AvgIpc) is 3.81. The van der Waals surface area contributed by atoms with E-state index in [2.05, 4.69) is 39.9 Å². The van der Waals surface area contributed by atoms with Gasteiger partial charge in [-0.25, -0.2) is 22.9 Å². The van der Waals surface area contributed by atoms with Crippen LogP contribution in [0.3, 0.4) is 0 Å². The maximum Gasteiger partial charge on any atom is 0.408 e. The molecule has 5 aliphatic rings. The first-order valence-corrected chi connectivity index (χ1v) is 21.3. The van der Waals surface area contributed by atoms with Gasteiger partial charge in [0.15, 0.2) is 5.54 Å². The fourth-order valence-electron chi connectivity index (χ4n) is 8.31. The highest BCUT2D eigenvalue weighted by atomic mass is 32.2. The maximum absolute atomic E-state index is 14.8. The molecule has 1 aromatic heterocycles. The second-order valence-corrected chi connectivity index (χ2v) is 18.7. The Morgan fingerprint density at radius 3 is 2.56 bits per heavy atom. The van der Waals surface area contributed by atoms with Crippen LogP contribution in [0.4, 0.5) is 4.79 Å². The number of rotatable bonds is 7. The third kappa shape index (κ3) is 8.06. The minimum atomic E-state index is -3.99. The van der Waals surface area contributed by atoms with Crippen molar-refractivity contribution in [2.24, 2.45) is 17.3 Å². The number of ether oxygens (including phenoxy) is 3. The van der Waals surface area contributed by atoms with Gasteiger partial charge in [-0.2, -0.15) is 0 Å². The van der Waals surface area contributed by atoms with Gasteiger partial charge in [-0.1, -0.05) is 63.0 Å². The van der Waals surface area contributed by atoms with Crippen LogP contribution in [0.1, 0.15) is 77.7 Å². The number of allylic oxidation sites excluding steroid dienone is 2. The van der Waals surface area contributed by atoms with Crippen LogP contribution < -0.4 is 24.8 Å². The summed E-state index contributed by atoms with van der Waals surface area (Å²) in [6.07, 6.45) is 9.11. The predicted molar refractivity (Wildman–Crippen MR) is 211 cm³/mol. The first kappa shape index (κ1) is 40.1. The summed E-state index contributed by atoms with van der Waals surface area (Å²) < 4.78 is 46.4. The molecule has 0 spiro atoms. The van der Waals surface area contributed by atoms with Gasteiger partial charge in [0.05, 0.1) is 35.9 Å². The first-order valence-electron chi connectivity index (χ1n) is 19.7. The quantitative estimate of drug-likeness (QED) is 0.273. The summed E-state index contributed by atoms with van der Waals surface area (Å²) in [4.78, 5) is 62.8. The van der Waals surface area contributed by atoms with E-state index in [1.54, 1.807) is 7.11 Å². The van der Waals surface area contributed by atoms with Crippen molar-refractivity contribution < 1.29 is 41.8 Å². The van der Waals surface area contributed by atoms with Crippen LogP contribution in [-0.2, 0) is 35.6 Å². The standard InChI is InChI=1S/C42H51N5O9S/c1-6-26-21-22-42(26,39(50)46-57(52,53)28-19-20-28)45-36(48)32-23-27-24-47(32)38(49)35(41(2,3)4)44-40(51)56-33-18-12-14-25(33)13-8-7-9-16-30-34(54-5)29-15-10-11-17-31(29)43-37(30)55-27/h6-7,9-11,15,17,25-28,32-33,35H,1,8,12-14,16,18-20,23-24H2,2-5H3,(H,44,51)(H,45,48)(H,46,50)/b9-7+/t25-,26-,27-,32+,33-,35-,42-/m1/s1. The van der Waals surface area contributed by atoms with Gasteiger partial charge in [0.1, 0.15) is 30.0 Å². The number of pyridine rings is 1. The number of nitrogens with zero attached hydrogens (tertiary/aromatic N) is 2. The Kier molecular flexibility index (Phi) is 11.0. The minimum absolute atomic E-state index is 0.0288. The third-order valence-corrected chi connectivity index (χ3v) is 13.5. The number of alkyl carbamates (subject to hydrolysis) is 1. The minimum Gasteiger partial charge on any atom is -0.496 e. The van der Waals surface area contributed by atoms with E-state index in [0.717, 1.165) is 37.5 Å². The molecule has 1 aromatic carbocycles. The number of fused-ring (bicyclic) bond motifs is 5. The number of aromatic nitrogens is 1. The van der Waals surface area contributed by atoms with E-state index in [1.165, 1.54) is 11.0 Å². The summed E-state index contributed by atoms with van der Waals surface area (Å²) in [6, 6.07) is 5.19. The topological polar surface area (TPSA) is 182 Å². The van der Waals surface area contributed by atoms with Crippen molar-refractivity contribution in [2.75, 3.05) is 13.7 Å². The number of hydrogen-bond donors (Lipinski definition) is 3. The van der Waals surface area contributed by atoms with Crippen LogP contribution in [0, 0.1) is 29.1 Å². The van der Waals surface area contributed by atoms with E-state index in [-0.39, 0.29) is 30.9 Å². The van der Waals surface area contributed by atoms with Crippen molar-refractivity contribution in [1.29, 1.82) is 0 Å². The largest absolute Gasteiger partial charge is 0.496 e. The van der Waals surface area contributed by atoms with Gasteiger partial charge < -0.3 is 29.7 Å². The molecule has 2 bridgehead atoms. The fourth-order valence-corrected chi connectivity index (χ4v) is 9.66. The molecule has 7 rings (SSSR count). The zero-order valence-electron chi connectivity index (χ0n) is 32.8. The highest BCUT2D eigenvalue weighted by Gasteiger charge is 2.54. The molecular weight excluding hydrogens is 751 g/mol. The molecule has 3 heterocycles. The van der Waals surface area contributed by atoms with E-state index >= 15 is 0 Å². The van der Waals surface area contributed by atoms with Crippen LogP contribution in [0.25, 0.3) is 10.9 Å². The van der Waals surface area contributed by atoms with E-state index in [4.69, 9.17) is 19.2 Å². The SMILES string of the molecule is C=C[C@@H]1C#C[C@]1(NC(=O)[C@@H]1C[C@@H]2CN1C(=O)[C@H](C(C)(C)C)NC(=O)O[C@@H]1CCC[C@H]1CC/C=C/Cc1c(nc3ccccc3c1OC)O2)C(=O)NS(=O)(=O)C1CC1. The molecule has 4 amide bonds. The van der Waals surface area contributed by atoms with Crippen molar-refractivity contribution in [3.63, 3.8) is 0 Å². The fraction of sp³-hybridized carbons (Fsp3) is 0.548. The van der Waals surface area contributed by atoms with Gasteiger partial charge in [0, 0.05) is 11.8 Å². The summed E-state index contributed by atoms with van der Waals surface area (Å²) in [5.74, 6) is 3.31. The summed E-state index contributed by atoms with van der Waals surface area (Å²) >= 11 is 0. The molecular formula is C42H51N5O9S. The molecule has 2 aromatic rings. The third-order valence-electron chi connectivity index (χ3n) is 11.7. The monoisotopic (exact) mass is 801 g/mol. The van der Waals surface area contributed by atoms with Crippen molar-refractivity contribution in [1.82, 2.24) is 25.2 Å². The molecule has 3 fully saturated rings. The van der Waals surface area contributed by atoms with Crippen LogP contribution in [0.15, 0.2) is 49.1 Å². The predicted octanol–water partition coefficient (Wildman–Crippen LogP) is 4.08. The molecule has 3 aliphatic carbocycles. The van der Waals surface area contributed by atoms with Gasteiger partial charge in [-0.3, -0.25) is 14.4 Å². The van der Waals surface area contributed by atoms with E-state index in [1.807, 2.05) is 51.1 Å². The Balaban J connectivity index is 1.27. The molecule has 57 heavy (non-hydrogen) atoms. The average molecular weight is 802 g/mol. The number of benzene rings is 1. The molecule has 7 atom stereocenters. The van der Waals surface area contributed by atoms with Crippen LogP contribution in [0.2, 0.25) is 0 Å². The lowest BCUT2D eigenvalue weighted by Crippen LogP contribution is -2.68. The van der Waals surface area contributed by atoms with Crippen LogP contribution >= 0.6 is 0 Å². The Morgan fingerprint density at radius 2 is 1.88 bits per heavy atom. The number of hydrogen-bond acceptors (Lipinski definition) is 10. The summed E-state index contributed by atoms with van der Waals surface area (Å²) in [5.41, 5.74) is -1.44. The molecule has 1 saturated heterocycles. The number of nitrogens with one attached hydrogen (secondary N) is 3. The normalized spacial score (nSPS) is 29.6. The lowest BCUT2D eigenvalue weighted by molar-refractivity contribution is -0.143. The molecule has 2 saturated carbocycles. The molecule has 15 heteroatoms. The smallest absolute Gasteiger partial charge is 0.408 e. The van der Waals surface area contributed by atoms with Gasteiger partial charge in [-0.05, 0) is 74.8 Å². The molecule has 2 aliphatic heterocycles. The molecule has 14 nitrogen and oxygen atoms in total. The van der Waals surface area contributed by atoms with Gasteiger partial charge in [-0.15, -0.1) is 6.58 Å². The number of sulfonamides is 1. The molecule has 0 unspecified atom stereocenters. The Morgan fingerprint density at radius 1 is 1.11 bits per heavy atom. The van der Waals surface area contributed by atoms with E-state index < -0.39 is 74.1 Å². The maximum atomic E-state index is 14.8. The lowest BCUT2D eigenvalue weighted by atomic mass is 9.76. The summed E-state index contributed by atoms with van der Waals surface area (Å²) in [6.45, 7) is 9.10. The molecule has 0 radical (unpaired) electrons. The van der Waals surface area contributed by atoms with Gasteiger partial charge in [0.25, 0.3) is 5.91 Å². The summed E-state index contributed by atoms with van der Waals surface area (Å²) in [7, 11) is -2.40.